The van der Waals surface area contributed by atoms with Crippen molar-refractivity contribution in [3.8, 4) is 5.75 Å². The molecule has 0 radical (unpaired) electrons. The van der Waals surface area contributed by atoms with Crippen LogP contribution in [0.2, 0.25) is 0 Å². The molecule has 0 heterocycles. The maximum absolute atomic E-state index is 11.8. The van der Waals surface area contributed by atoms with Crippen LogP contribution in [0, 0.1) is 0 Å². The molecule has 1 aromatic carbocycles. The minimum atomic E-state index is -0.310. The van der Waals surface area contributed by atoms with E-state index >= 15 is 0 Å². The van der Waals surface area contributed by atoms with Gasteiger partial charge >= 0.3 is 5.97 Å². The summed E-state index contributed by atoms with van der Waals surface area (Å²) >= 11 is 0. The molecule has 0 aliphatic heterocycles. The van der Waals surface area contributed by atoms with Crippen molar-refractivity contribution in [3.63, 3.8) is 0 Å². The van der Waals surface area contributed by atoms with Gasteiger partial charge in [0, 0.05) is 0 Å². The van der Waals surface area contributed by atoms with E-state index in [0.29, 0.717) is 17.9 Å². The molecule has 0 fully saturated rings. The first-order chi connectivity index (χ1) is 8.15. The zero-order valence-corrected chi connectivity index (χ0v) is 10.7. The zero-order valence-electron chi connectivity index (χ0n) is 10.7. The number of ether oxygens (including phenoxy) is 2. The zero-order chi connectivity index (χ0) is 12.7. The molecular weight excluding hydrogens is 216 g/mol. The molecule has 0 atom stereocenters. The second-order valence-electron chi connectivity index (χ2n) is 4.15. The number of carbonyl (C=O) groups is 1. The van der Waals surface area contributed by atoms with Crippen LogP contribution in [0.15, 0.2) is 24.3 Å². The smallest absolute Gasteiger partial charge is 0.341 e. The van der Waals surface area contributed by atoms with E-state index in [9.17, 15) is 4.79 Å². The molecule has 3 heteroatoms. The van der Waals surface area contributed by atoms with E-state index in [1.54, 1.807) is 12.1 Å². The second-order valence-corrected chi connectivity index (χ2v) is 4.15. The summed E-state index contributed by atoms with van der Waals surface area (Å²) in [6, 6.07) is 7.17. The van der Waals surface area contributed by atoms with Crippen molar-refractivity contribution in [3.05, 3.63) is 29.8 Å². The highest BCUT2D eigenvalue weighted by Gasteiger charge is 2.13. The van der Waals surface area contributed by atoms with Crippen LogP contribution in [-0.2, 0) is 4.74 Å². The maximum Gasteiger partial charge on any atom is 0.341 e. The first-order valence-electron chi connectivity index (χ1n) is 6.08. The third kappa shape index (κ3) is 4.47. The molecule has 0 aromatic heterocycles. The molecule has 0 aliphatic carbocycles. The molecule has 17 heavy (non-hydrogen) atoms. The number of carbonyl (C=O) groups excluding carboxylic acids is 1. The average molecular weight is 236 g/mol. The lowest BCUT2D eigenvalue weighted by molar-refractivity contribution is 0.0493. The van der Waals surface area contributed by atoms with E-state index < -0.39 is 0 Å². The lowest BCUT2D eigenvalue weighted by Crippen LogP contribution is -2.12. The van der Waals surface area contributed by atoms with E-state index in [1.807, 2.05) is 26.0 Å². The van der Waals surface area contributed by atoms with Crippen LogP contribution in [0.3, 0.4) is 0 Å². The van der Waals surface area contributed by atoms with E-state index in [1.165, 1.54) is 0 Å². The molecule has 0 saturated heterocycles. The molecule has 0 aliphatic rings. The van der Waals surface area contributed by atoms with Crippen molar-refractivity contribution in [1.29, 1.82) is 0 Å². The fraction of sp³-hybridized carbons (Fsp3) is 0.500. The Morgan fingerprint density at radius 2 is 2.00 bits per heavy atom. The fourth-order valence-electron chi connectivity index (χ4n) is 1.38. The Balaban J connectivity index is 2.71. The predicted octanol–water partition coefficient (Wildman–Crippen LogP) is 3.43. The van der Waals surface area contributed by atoms with E-state index in [4.69, 9.17) is 9.47 Å². The quantitative estimate of drug-likeness (QED) is 0.560. The second kappa shape index (κ2) is 6.94. The normalized spacial score (nSPS) is 10.4. The number of hydrogen-bond donors (Lipinski definition) is 0. The van der Waals surface area contributed by atoms with Crippen molar-refractivity contribution in [2.24, 2.45) is 0 Å². The molecule has 3 nitrogen and oxygen atoms in total. The highest BCUT2D eigenvalue weighted by Crippen LogP contribution is 2.20. The summed E-state index contributed by atoms with van der Waals surface area (Å²) in [5, 5.41) is 0. The number of esters is 1. The third-order valence-corrected chi connectivity index (χ3v) is 2.20. The molecule has 94 valence electrons. The summed E-state index contributed by atoms with van der Waals surface area (Å²) in [4.78, 5) is 11.8. The minimum Gasteiger partial charge on any atom is -0.490 e. The maximum atomic E-state index is 11.8. The van der Waals surface area contributed by atoms with Gasteiger partial charge in [-0.2, -0.15) is 0 Å². The Bertz CT molecular complexity index is 358. The van der Waals surface area contributed by atoms with Crippen LogP contribution >= 0.6 is 0 Å². The van der Waals surface area contributed by atoms with E-state index in [0.717, 1.165) is 12.8 Å². The summed E-state index contributed by atoms with van der Waals surface area (Å²) < 4.78 is 10.7. The lowest BCUT2D eigenvalue weighted by atomic mass is 10.2. The van der Waals surface area contributed by atoms with Crippen molar-refractivity contribution in [2.45, 2.75) is 39.7 Å². The minimum absolute atomic E-state index is 0.0413. The van der Waals surface area contributed by atoms with Gasteiger partial charge in [0.2, 0.25) is 0 Å². The van der Waals surface area contributed by atoms with Gasteiger partial charge in [0.1, 0.15) is 11.3 Å². The molecule has 0 unspecified atom stereocenters. The summed E-state index contributed by atoms with van der Waals surface area (Å²) in [5.74, 6) is 0.277. The van der Waals surface area contributed by atoms with Crippen molar-refractivity contribution in [2.75, 3.05) is 6.61 Å². The highest BCUT2D eigenvalue weighted by atomic mass is 16.5. The predicted molar refractivity (Wildman–Crippen MR) is 67.4 cm³/mol. The Labute approximate surface area is 103 Å². The third-order valence-electron chi connectivity index (χ3n) is 2.20. The Morgan fingerprint density at radius 3 is 2.65 bits per heavy atom. The number of benzene rings is 1. The largest absolute Gasteiger partial charge is 0.490 e. The van der Waals surface area contributed by atoms with Gasteiger partial charge in [-0.15, -0.1) is 0 Å². The van der Waals surface area contributed by atoms with E-state index in [2.05, 4.69) is 6.92 Å². The first-order valence-corrected chi connectivity index (χ1v) is 6.08. The van der Waals surface area contributed by atoms with Crippen LogP contribution in [0.4, 0.5) is 0 Å². The van der Waals surface area contributed by atoms with Crippen molar-refractivity contribution in [1.82, 2.24) is 0 Å². The topological polar surface area (TPSA) is 35.5 Å². The number of para-hydroxylation sites is 1. The molecule has 1 aromatic rings. The van der Waals surface area contributed by atoms with Gasteiger partial charge in [-0.25, -0.2) is 4.79 Å². The lowest BCUT2D eigenvalue weighted by Gasteiger charge is -2.13. The number of hydrogen-bond acceptors (Lipinski definition) is 3. The van der Waals surface area contributed by atoms with Gasteiger partial charge in [-0.05, 0) is 32.4 Å². The van der Waals surface area contributed by atoms with Crippen LogP contribution in [0.1, 0.15) is 44.0 Å². The van der Waals surface area contributed by atoms with Crippen LogP contribution in [-0.4, -0.2) is 18.7 Å². The van der Waals surface area contributed by atoms with Crippen molar-refractivity contribution >= 4 is 5.97 Å². The molecule has 1 rings (SSSR count). The molecule has 0 saturated carbocycles. The fourth-order valence-corrected chi connectivity index (χ4v) is 1.38. The molecule has 0 spiro atoms. The summed E-state index contributed by atoms with van der Waals surface area (Å²) in [5.41, 5.74) is 0.498. The van der Waals surface area contributed by atoms with Gasteiger partial charge in [-0.1, -0.05) is 25.5 Å². The van der Waals surface area contributed by atoms with Crippen LogP contribution in [0.5, 0.6) is 5.75 Å². The number of unbranched alkanes of at least 4 members (excludes halogenated alkanes) is 1. The van der Waals surface area contributed by atoms with Gasteiger partial charge in [0.15, 0.2) is 0 Å². The van der Waals surface area contributed by atoms with Crippen LogP contribution < -0.4 is 4.74 Å². The van der Waals surface area contributed by atoms with Gasteiger partial charge < -0.3 is 9.47 Å². The van der Waals surface area contributed by atoms with E-state index in [-0.39, 0.29) is 12.1 Å². The van der Waals surface area contributed by atoms with Crippen molar-refractivity contribution < 1.29 is 14.3 Å². The standard InChI is InChI=1S/C14H20O3/c1-4-5-10-16-14(15)12-8-6-7-9-13(12)17-11(2)3/h6-9,11H,4-5,10H2,1-3H3. The summed E-state index contributed by atoms with van der Waals surface area (Å²) in [6.07, 6.45) is 1.94. The average Bonchev–Trinajstić information content (AvgIpc) is 2.29. The molecule has 0 amide bonds. The molecular formula is C14H20O3. The van der Waals surface area contributed by atoms with Gasteiger partial charge in [0.05, 0.1) is 12.7 Å². The Morgan fingerprint density at radius 1 is 1.29 bits per heavy atom. The summed E-state index contributed by atoms with van der Waals surface area (Å²) in [6.45, 7) is 6.38. The monoisotopic (exact) mass is 236 g/mol. The highest BCUT2D eigenvalue weighted by molar-refractivity contribution is 5.92. The Kier molecular flexibility index (Phi) is 5.53. The van der Waals surface area contributed by atoms with Crippen LogP contribution in [0.25, 0.3) is 0 Å². The van der Waals surface area contributed by atoms with Gasteiger partial charge in [-0.3, -0.25) is 0 Å². The Hall–Kier alpha value is -1.51. The summed E-state index contributed by atoms with van der Waals surface area (Å²) in [7, 11) is 0. The SMILES string of the molecule is CCCCOC(=O)c1ccccc1OC(C)C. The molecule has 0 bridgehead atoms. The first kappa shape index (κ1) is 13.6. The molecule has 0 N–H and O–H groups in total. The number of rotatable bonds is 6. The van der Waals surface area contributed by atoms with Gasteiger partial charge in [0.25, 0.3) is 0 Å².